The Morgan fingerprint density at radius 3 is 1.45 bits per heavy atom. The Balaban J connectivity index is 1.54. The number of benzene rings is 6. The molecule has 284 valence electrons. The van der Waals surface area contributed by atoms with Crippen molar-refractivity contribution in [2.45, 2.75) is 13.8 Å². The van der Waals surface area contributed by atoms with Gasteiger partial charge in [0.05, 0.1) is 60.9 Å². The fourth-order valence-electron chi connectivity index (χ4n) is 6.53. The molecule has 58 heavy (non-hydrogen) atoms. The summed E-state index contributed by atoms with van der Waals surface area (Å²) in [4.78, 5) is 61.7. The van der Waals surface area contributed by atoms with Crippen LogP contribution in [0.15, 0.2) is 185 Å². The SMILES string of the molecule is CC1=Nc2ccccc2N/C(C)=C(/C(=O)c2ccc([N+](=O)[O-])cc2)C(c2ccccc2)=Nc2ccccc2N/C(c2ccccc2)=C\1C(=O)c1ccc([N+](=O)[O-])cc1. The molecule has 12 heteroatoms. The molecule has 0 radical (unpaired) electrons. The van der Waals surface area contributed by atoms with Gasteiger partial charge in [0.15, 0.2) is 11.6 Å². The van der Waals surface area contributed by atoms with Crippen LogP contribution in [0.3, 0.4) is 0 Å². The van der Waals surface area contributed by atoms with Crippen LogP contribution in [0.1, 0.15) is 45.7 Å². The number of hydrogen-bond acceptors (Lipinski definition) is 10. The van der Waals surface area contributed by atoms with Gasteiger partial charge in [-0.1, -0.05) is 84.9 Å². The maximum Gasteiger partial charge on any atom is 0.269 e. The van der Waals surface area contributed by atoms with Gasteiger partial charge in [-0.3, -0.25) is 34.8 Å². The molecule has 1 aliphatic rings. The van der Waals surface area contributed by atoms with Gasteiger partial charge >= 0.3 is 0 Å². The van der Waals surface area contributed by atoms with Crippen molar-refractivity contribution in [1.29, 1.82) is 0 Å². The minimum atomic E-state index is -0.523. The largest absolute Gasteiger partial charge is 0.357 e. The van der Waals surface area contributed by atoms with Crippen LogP contribution in [0.5, 0.6) is 0 Å². The van der Waals surface area contributed by atoms with Crippen molar-refractivity contribution in [2.75, 3.05) is 10.6 Å². The number of fused-ring (bicyclic) bond motifs is 2. The van der Waals surface area contributed by atoms with Gasteiger partial charge in [0.1, 0.15) is 0 Å². The number of aliphatic imine (C=N–C) groups is 2. The summed E-state index contributed by atoms with van der Waals surface area (Å²) in [6.45, 7) is 3.47. The molecule has 0 unspecified atom stereocenters. The number of carbonyl (C=O) groups excluding carboxylic acids is 2. The standard InChI is InChI=1S/C46H34N6O6/c1-29-41(45(53)33-21-25-35(26-22-33)51(55)56)43(31-13-5-3-6-14-31)49-39-19-11-12-20-40(39)50-44(32-15-7-4-8-16-32)42(30(2)48-38-18-10-9-17-37(38)47-29)46(54)34-23-27-36(28-24-34)52(57)58/h3-28,47,50H,1-2H3/b41-29+,44-42+,48-30?,49-43?. The van der Waals surface area contributed by atoms with Crippen LogP contribution in [0, 0.1) is 20.2 Å². The molecule has 0 atom stereocenters. The molecule has 0 spiro atoms. The Kier molecular flexibility index (Phi) is 11.0. The van der Waals surface area contributed by atoms with Crippen molar-refractivity contribution in [3.63, 3.8) is 0 Å². The summed E-state index contributed by atoms with van der Waals surface area (Å²) in [5, 5.41) is 29.9. The second-order valence-electron chi connectivity index (χ2n) is 13.2. The summed E-state index contributed by atoms with van der Waals surface area (Å²) in [7, 11) is 0. The third-order valence-corrected chi connectivity index (χ3v) is 9.38. The van der Waals surface area contributed by atoms with E-state index in [2.05, 4.69) is 10.6 Å². The molecule has 7 rings (SSSR count). The number of nitro groups is 2. The van der Waals surface area contributed by atoms with Gasteiger partial charge in [0.2, 0.25) is 0 Å². The zero-order valence-electron chi connectivity index (χ0n) is 31.2. The Bertz CT molecular complexity index is 2700. The molecule has 0 fully saturated rings. The number of rotatable bonds is 8. The highest BCUT2D eigenvalue weighted by Crippen LogP contribution is 2.36. The molecule has 0 saturated heterocycles. The second-order valence-corrected chi connectivity index (χ2v) is 13.2. The van der Waals surface area contributed by atoms with Crippen LogP contribution < -0.4 is 10.6 Å². The number of carbonyl (C=O) groups is 2. The van der Waals surface area contributed by atoms with E-state index in [1.165, 1.54) is 48.5 Å². The van der Waals surface area contributed by atoms with Crippen molar-refractivity contribution in [3.05, 3.63) is 217 Å². The lowest BCUT2D eigenvalue weighted by Gasteiger charge is -2.21. The number of nitro benzene ring substituents is 2. The van der Waals surface area contributed by atoms with E-state index in [4.69, 9.17) is 9.98 Å². The molecule has 1 heterocycles. The number of nitrogens with one attached hydrogen (secondary N) is 2. The van der Waals surface area contributed by atoms with E-state index in [0.29, 0.717) is 56.7 Å². The summed E-state index contributed by atoms with van der Waals surface area (Å²) >= 11 is 0. The predicted molar refractivity (Wildman–Crippen MR) is 226 cm³/mol. The van der Waals surface area contributed by atoms with Crippen molar-refractivity contribution < 1.29 is 19.4 Å². The Hall–Kier alpha value is -8.12. The van der Waals surface area contributed by atoms with Gasteiger partial charge < -0.3 is 10.6 Å². The highest BCUT2D eigenvalue weighted by Gasteiger charge is 2.27. The number of nitrogens with zero attached hydrogens (tertiary/aromatic N) is 4. The number of allylic oxidation sites excluding steroid dienone is 3. The zero-order chi connectivity index (χ0) is 40.8. The molecule has 0 saturated carbocycles. The topological polar surface area (TPSA) is 169 Å². The van der Waals surface area contributed by atoms with E-state index in [-0.39, 0.29) is 33.6 Å². The second kappa shape index (κ2) is 16.7. The fraction of sp³-hybridized carbons (Fsp3) is 0.0435. The van der Waals surface area contributed by atoms with Crippen molar-refractivity contribution in [2.24, 2.45) is 9.98 Å². The molecule has 0 bridgehead atoms. The summed E-state index contributed by atoms with van der Waals surface area (Å²) in [5.74, 6) is -0.865. The highest BCUT2D eigenvalue weighted by atomic mass is 16.6. The molecule has 0 aliphatic carbocycles. The maximum atomic E-state index is 14.8. The Morgan fingerprint density at radius 2 is 0.931 bits per heavy atom. The summed E-state index contributed by atoms with van der Waals surface area (Å²) < 4.78 is 0. The highest BCUT2D eigenvalue weighted by molar-refractivity contribution is 6.34. The zero-order valence-corrected chi connectivity index (χ0v) is 31.2. The first kappa shape index (κ1) is 38.2. The van der Waals surface area contributed by atoms with E-state index in [0.717, 1.165) is 0 Å². The van der Waals surface area contributed by atoms with E-state index < -0.39 is 21.4 Å². The number of anilines is 2. The monoisotopic (exact) mass is 766 g/mol. The number of non-ortho nitro benzene ring substituents is 2. The van der Waals surface area contributed by atoms with Crippen LogP contribution in [0.2, 0.25) is 0 Å². The lowest BCUT2D eigenvalue weighted by Crippen LogP contribution is -2.20. The Morgan fingerprint density at radius 1 is 0.500 bits per heavy atom. The van der Waals surface area contributed by atoms with Gasteiger partial charge in [-0.15, -0.1) is 0 Å². The lowest BCUT2D eigenvalue weighted by molar-refractivity contribution is -0.385. The van der Waals surface area contributed by atoms with E-state index >= 15 is 0 Å². The van der Waals surface area contributed by atoms with Crippen LogP contribution in [0.25, 0.3) is 5.70 Å². The minimum Gasteiger partial charge on any atom is -0.357 e. The smallest absolute Gasteiger partial charge is 0.269 e. The molecular formula is C46H34N6O6. The maximum absolute atomic E-state index is 14.8. The first-order valence-electron chi connectivity index (χ1n) is 18.1. The molecule has 1 aliphatic heterocycles. The van der Waals surface area contributed by atoms with Crippen LogP contribution in [-0.2, 0) is 0 Å². The molecule has 6 aromatic carbocycles. The lowest BCUT2D eigenvalue weighted by atomic mass is 9.92. The minimum absolute atomic E-state index is 0.154. The van der Waals surface area contributed by atoms with Gasteiger partial charge in [0.25, 0.3) is 11.4 Å². The third kappa shape index (κ3) is 8.11. The van der Waals surface area contributed by atoms with E-state index in [1.807, 2.05) is 72.8 Å². The van der Waals surface area contributed by atoms with Gasteiger partial charge in [-0.25, -0.2) is 4.99 Å². The van der Waals surface area contributed by atoms with Gasteiger partial charge in [-0.2, -0.15) is 0 Å². The Labute approximate surface area is 333 Å². The molecule has 6 aromatic rings. The van der Waals surface area contributed by atoms with Gasteiger partial charge in [0, 0.05) is 46.7 Å². The summed E-state index contributed by atoms with van der Waals surface area (Å²) in [5.41, 5.74) is 5.10. The first-order valence-corrected chi connectivity index (χ1v) is 18.1. The average Bonchev–Trinajstić information content (AvgIpc) is 3.24. The van der Waals surface area contributed by atoms with E-state index in [9.17, 15) is 29.8 Å². The summed E-state index contributed by atoms with van der Waals surface area (Å²) in [6.07, 6.45) is 0. The van der Waals surface area contributed by atoms with Crippen molar-refractivity contribution in [1.82, 2.24) is 0 Å². The predicted octanol–water partition coefficient (Wildman–Crippen LogP) is 10.7. The van der Waals surface area contributed by atoms with Gasteiger partial charge in [-0.05, 0) is 67.9 Å². The fourth-order valence-corrected chi connectivity index (χ4v) is 6.53. The van der Waals surface area contributed by atoms with Crippen LogP contribution in [-0.4, -0.2) is 32.8 Å². The molecule has 0 amide bonds. The quantitative estimate of drug-likeness (QED) is 0.0876. The van der Waals surface area contributed by atoms with Crippen LogP contribution >= 0.6 is 0 Å². The number of Topliss-reactive ketones (excluding diaryl/α,β-unsaturated/α-hetero) is 2. The van der Waals surface area contributed by atoms with Crippen molar-refractivity contribution >= 4 is 62.8 Å². The first-order chi connectivity index (χ1) is 28.1. The van der Waals surface area contributed by atoms with Crippen molar-refractivity contribution in [3.8, 4) is 0 Å². The van der Waals surface area contributed by atoms with Crippen LogP contribution in [0.4, 0.5) is 34.1 Å². The number of para-hydroxylation sites is 4. The molecular weight excluding hydrogens is 733 g/mol. The normalized spacial score (nSPS) is 15.6. The molecule has 2 N–H and O–H groups in total. The molecule has 0 aromatic heterocycles. The van der Waals surface area contributed by atoms with E-state index in [1.54, 1.807) is 50.2 Å². The number of ketones is 2. The average molecular weight is 767 g/mol. The number of hydrogen-bond donors (Lipinski definition) is 2. The third-order valence-electron chi connectivity index (χ3n) is 9.38. The molecule has 12 nitrogen and oxygen atoms in total. The summed E-state index contributed by atoms with van der Waals surface area (Å²) in [6, 6.07) is 43.7.